The second-order valence-electron chi connectivity index (χ2n) is 8.29. The average Bonchev–Trinajstić information content (AvgIpc) is 2.91. The molecule has 2 aromatic heterocycles. The number of aromatic nitrogens is 2. The van der Waals surface area contributed by atoms with Crippen molar-refractivity contribution in [3.63, 3.8) is 0 Å². The number of rotatable bonds is 6. The molecule has 0 aliphatic carbocycles. The van der Waals surface area contributed by atoms with E-state index in [1.807, 2.05) is 40.2 Å². The Morgan fingerprint density at radius 1 is 1.15 bits per heavy atom. The first kappa shape index (κ1) is 21.9. The van der Waals surface area contributed by atoms with Crippen molar-refractivity contribution < 1.29 is 14.3 Å². The van der Waals surface area contributed by atoms with Crippen molar-refractivity contribution in [3.05, 3.63) is 66.3 Å². The third-order valence-corrected chi connectivity index (χ3v) is 6.06. The van der Waals surface area contributed by atoms with Crippen LogP contribution >= 0.6 is 0 Å². The molecule has 10 heteroatoms. The van der Waals surface area contributed by atoms with Crippen LogP contribution in [-0.4, -0.2) is 64.5 Å². The zero-order valence-electron chi connectivity index (χ0n) is 18.8. The Labute approximate surface area is 197 Å². The lowest BCUT2D eigenvalue weighted by Gasteiger charge is -2.35. The molecule has 1 saturated heterocycles. The molecule has 2 N–H and O–H groups in total. The highest BCUT2D eigenvalue weighted by molar-refractivity contribution is 5.95. The number of hydrazine groups is 1. The summed E-state index contributed by atoms with van der Waals surface area (Å²) < 4.78 is 5.87. The van der Waals surface area contributed by atoms with Crippen LogP contribution in [0.4, 0.5) is 11.6 Å². The summed E-state index contributed by atoms with van der Waals surface area (Å²) in [5.41, 5.74) is 7.56. The van der Waals surface area contributed by atoms with Crippen LogP contribution in [0, 0.1) is 0 Å². The quantitative estimate of drug-likeness (QED) is 0.498. The van der Waals surface area contributed by atoms with Crippen LogP contribution in [0.15, 0.2) is 60.7 Å². The molecule has 3 aliphatic rings. The predicted octanol–water partition coefficient (Wildman–Crippen LogP) is 2.11. The Hall–Kier alpha value is -3.92. The summed E-state index contributed by atoms with van der Waals surface area (Å²) in [7, 11) is 0. The van der Waals surface area contributed by atoms with E-state index in [0.29, 0.717) is 36.1 Å². The molecule has 5 rings (SSSR count). The molecule has 0 saturated carbocycles. The number of likely N-dealkylation sites (tertiary alicyclic amines) is 1. The van der Waals surface area contributed by atoms with Gasteiger partial charge in [0.2, 0.25) is 6.41 Å². The van der Waals surface area contributed by atoms with Crippen LogP contribution in [0.3, 0.4) is 0 Å². The molecule has 2 aromatic rings. The van der Waals surface area contributed by atoms with Gasteiger partial charge in [-0.1, -0.05) is 6.07 Å². The monoisotopic (exact) mass is 461 g/mol. The number of pyridine rings is 2. The first-order chi connectivity index (χ1) is 16.7. The van der Waals surface area contributed by atoms with E-state index in [-0.39, 0.29) is 5.91 Å². The molecule has 1 unspecified atom stereocenters. The Morgan fingerprint density at radius 3 is 2.82 bits per heavy atom. The zero-order valence-corrected chi connectivity index (χ0v) is 18.8. The number of nitrogens with zero attached hydrogens (tertiary/aromatic N) is 5. The predicted molar refractivity (Wildman–Crippen MR) is 127 cm³/mol. The van der Waals surface area contributed by atoms with E-state index >= 15 is 0 Å². The van der Waals surface area contributed by atoms with Gasteiger partial charge in [-0.25, -0.2) is 15.4 Å². The number of amides is 2. The summed E-state index contributed by atoms with van der Waals surface area (Å²) in [4.78, 5) is 38.7. The highest BCUT2D eigenvalue weighted by atomic mass is 16.5. The molecule has 1 fully saturated rings. The maximum atomic E-state index is 12.9. The standard InChI is InChI=1S/C24H27N7O3/c32-17-30-11-7-19(15-22(30)28-27-21-6-2-3-8-25-21)31-12-13-34-20-14-18(16-26-23(20)31)24(33)29-9-4-1-5-10-29/h2-3,6-8,11,14-17,22,28H,1,4-5,9-10,12-13H2,(H,25,27). The minimum Gasteiger partial charge on any atom is -0.488 e. The van der Waals surface area contributed by atoms with Crippen molar-refractivity contribution in [1.82, 2.24) is 25.2 Å². The van der Waals surface area contributed by atoms with Gasteiger partial charge < -0.3 is 24.9 Å². The number of ether oxygens (including phenoxy) is 1. The number of allylic oxidation sites excluding steroid dienone is 1. The van der Waals surface area contributed by atoms with E-state index in [2.05, 4.69) is 20.8 Å². The number of carbonyl (C=O) groups excluding carboxylic acids is 2. The summed E-state index contributed by atoms with van der Waals surface area (Å²) in [6.07, 6.45) is 12.4. The lowest BCUT2D eigenvalue weighted by molar-refractivity contribution is -0.117. The van der Waals surface area contributed by atoms with Crippen molar-refractivity contribution in [2.75, 3.05) is 36.6 Å². The minimum absolute atomic E-state index is 0.000939. The van der Waals surface area contributed by atoms with Crippen LogP contribution in [0.2, 0.25) is 0 Å². The van der Waals surface area contributed by atoms with Gasteiger partial charge in [0.05, 0.1) is 12.1 Å². The van der Waals surface area contributed by atoms with Gasteiger partial charge in [-0.05, 0) is 49.6 Å². The number of anilines is 2. The minimum atomic E-state index is -0.439. The summed E-state index contributed by atoms with van der Waals surface area (Å²) in [6, 6.07) is 7.32. The van der Waals surface area contributed by atoms with Gasteiger partial charge in [-0.15, -0.1) is 0 Å². The zero-order chi connectivity index (χ0) is 23.3. The number of nitrogens with one attached hydrogen (secondary N) is 2. The molecule has 176 valence electrons. The molecule has 0 bridgehead atoms. The molecular weight excluding hydrogens is 434 g/mol. The van der Waals surface area contributed by atoms with Crippen molar-refractivity contribution in [2.24, 2.45) is 0 Å². The van der Waals surface area contributed by atoms with E-state index in [0.717, 1.165) is 38.0 Å². The molecule has 1 atom stereocenters. The largest absolute Gasteiger partial charge is 0.488 e. The third kappa shape index (κ3) is 4.58. The van der Waals surface area contributed by atoms with E-state index in [4.69, 9.17) is 4.74 Å². The van der Waals surface area contributed by atoms with Crippen molar-refractivity contribution in [3.8, 4) is 5.75 Å². The Bertz CT molecular complexity index is 1100. The summed E-state index contributed by atoms with van der Waals surface area (Å²) in [5, 5.41) is 0. The molecule has 3 aliphatic heterocycles. The molecule has 10 nitrogen and oxygen atoms in total. The van der Waals surface area contributed by atoms with Crippen LogP contribution in [0.25, 0.3) is 0 Å². The molecule has 5 heterocycles. The van der Waals surface area contributed by atoms with Crippen LogP contribution in [0.5, 0.6) is 5.75 Å². The first-order valence-corrected chi connectivity index (χ1v) is 11.5. The Morgan fingerprint density at radius 2 is 2.03 bits per heavy atom. The molecule has 0 radical (unpaired) electrons. The van der Waals surface area contributed by atoms with E-state index in [9.17, 15) is 9.59 Å². The van der Waals surface area contributed by atoms with Gasteiger partial charge in [0, 0.05) is 37.4 Å². The maximum absolute atomic E-state index is 12.9. The number of hydrogen-bond donors (Lipinski definition) is 2. The van der Waals surface area contributed by atoms with Gasteiger partial charge in [0.1, 0.15) is 18.6 Å². The number of carbonyl (C=O) groups is 2. The topological polar surface area (TPSA) is 103 Å². The van der Waals surface area contributed by atoms with E-state index in [1.54, 1.807) is 24.7 Å². The second kappa shape index (κ2) is 9.92. The first-order valence-electron chi connectivity index (χ1n) is 11.5. The summed E-state index contributed by atoms with van der Waals surface area (Å²) in [6.45, 7) is 2.63. The molecular formula is C24H27N7O3. The van der Waals surface area contributed by atoms with Gasteiger partial charge in [-0.3, -0.25) is 9.59 Å². The normalized spacial score (nSPS) is 19.7. The fraction of sp³-hybridized carbons (Fsp3) is 0.333. The molecule has 34 heavy (non-hydrogen) atoms. The average molecular weight is 462 g/mol. The van der Waals surface area contributed by atoms with Crippen molar-refractivity contribution in [2.45, 2.75) is 25.4 Å². The van der Waals surface area contributed by atoms with Crippen LogP contribution in [0.1, 0.15) is 29.6 Å². The van der Waals surface area contributed by atoms with Crippen molar-refractivity contribution in [1.29, 1.82) is 0 Å². The smallest absolute Gasteiger partial charge is 0.255 e. The highest BCUT2D eigenvalue weighted by Crippen LogP contribution is 2.34. The Balaban J connectivity index is 1.35. The van der Waals surface area contributed by atoms with Gasteiger partial charge >= 0.3 is 0 Å². The molecule has 2 amide bonds. The van der Waals surface area contributed by atoms with Crippen LogP contribution < -0.4 is 20.5 Å². The van der Waals surface area contributed by atoms with Gasteiger partial charge in [0.25, 0.3) is 5.91 Å². The lowest BCUT2D eigenvalue weighted by Crippen LogP contribution is -2.46. The number of piperidine rings is 1. The maximum Gasteiger partial charge on any atom is 0.255 e. The second-order valence-corrected chi connectivity index (χ2v) is 8.29. The molecule has 0 aromatic carbocycles. The Kier molecular flexibility index (Phi) is 6.39. The SMILES string of the molecule is O=CN1C=CC(N2CCOc3cc(C(=O)N4CCCCC4)cnc32)=CC1NNc1ccccn1. The van der Waals surface area contributed by atoms with Gasteiger partial charge in [0.15, 0.2) is 11.6 Å². The summed E-state index contributed by atoms with van der Waals surface area (Å²) in [5.74, 6) is 1.87. The fourth-order valence-electron chi connectivity index (χ4n) is 4.29. The molecule has 0 spiro atoms. The lowest BCUT2D eigenvalue weighted by atomic mass is 10.1. The van der Waals surface area contributed by atoms with E-state index < -0.39 is 6.17 Å². The van der Waals surface area contributed by atoms with Gasteiger partial charge in [-0.2, -0.15) is 0 Å². The number of hydrogen-bond acceptors (Lipinski definition) is 8. The van der Waals surface area contributed by atoms with E-state index in [1.165, 1.54) is 11.3 Å². The fourth-order valence-corrected chi connectivity index (χ4v) is 4.29. The van der Waals surface area contributed by atoms with Crippen LogP contribution in [-0.2, 0) is 4.79 Å². The summed E-state index contributed by atoms with van der Waals surface area (Å²) >= 11 is 0. The van der Waals surface area contributed by atoms with Crippen molar-refractivity contribution >= 4 is 24.0 Å². The highest BCUT2D eigenvalue weighted by Gasteiger charge is 2.27. The number of fused-ring (bicyclic) bond motifs is 1. The third-order valence-electron chi connectivity index (χ3n) is 6.06.